The van der Waals surface area contributed by atoms with Crippen LogP contribution in [0.25, 0.3) is 0 Å². The smallest absolute Gasteiger partial charge is 0.312 e. The highest BCUT2D eigenvalue weighted by atomic mass is 16.2. The summed E-state index contributed by atoms with van der Waals surface area (Å²) in [6, 6.07) is 6.33. The zero-order valence-corrected chi connectivity index (χ0v) is 11.6. The van der Waals surface area contributed by atoms with Crippen LogP contribution in [-0.4, -0.2) is 18.0 Å². The van der Waals surface area contributed by atoms with Gasteiger partial charge in [-0.05, 0) is 37.0 Å². The molecule has 5 heteroatoms. The quantitative estimate of drug-likeness (QED) is 0.760. The van der Waals surface area contributed by atoms with Crippen LogP contribution in [0.4, 0.5) is 10.5 Å². The second-order valence-electron chi connectivity index (χ2n) is 4.65. The molecule has 0 fully saturated rings. The maximum absolute atomic E-state index is 11.7. The number of primary amides is 1. The largest absolute Gasteiger partial charge is 0.352 e. The molecule has 0 bridgehead atoms. The fraction of sp³-hybridized carbons (Fsp3) is 0.429. The molecule has 0 aromatic heterocycles. The number of amides is 3. The minimum absolute atomic E-state index is 0.296. The standard InChI is InChI=1S/C14H21N3O2/c1-4-9(2)11-5-7-12(8-6-11)17-13(18)10(3)16-14(15)19/h5-10H,4H2,1-3H3,(H,17,18)(H3,15,16,19)/t9-,10-/m0/s1. The second kappa shape index (κ2) is 6.78. The molecule has 0 saturated carbocycles. The van der Waals surface area contributed by atoms with E-state index in [9.17, 15) is 9.59 Å². The van der Waals surface area contributed by atoms with E-state index in [1.807, 2.05) is 24.3 Å². The molecule has 1 aromatic carbocycles. The molecule has 5 nitrogen and oxygen atoms in total. The van der Waals surface area contributed by atoms with E-state index in [1.165, 1.54) is 5.56 Å². The summed E-state index contributed by atoms with van der Waals surface area (Å²) in [4.78, 5) is 22.4. The number of nitrogens with one attached hydrogen (secondary N) is 2. The molecule has 0 saturated heterocycles. The van der Waals surface area contributed by atoms with E-state index < -0.39 is 12.1 Å². The lowest BCUT2D eigenvalue weighted by Crippen LogP contribution is -2.44. The van der Waals surface area contributed by atoms with Crippen molar-refractivity contribution < 1.29 is 9.59 Å². The second-order valence-corrected chi connectivity index (χ2v) is 4.65. The van der Waals surface area contributed by atoms with Crippen molar-refractivity contribution in [2.24, 2.45) is 5.73 Å². The van der Waals surface area contributed by atoms with Crippen molar-refractivity contribution in [2.45, 2.75) is 39.2 Å². The van der Waals surface area contributed by atoms with Crippen LogP contribution in [0.5, 0.6) is 0 Å². The average Bonchev–Trinajstić information content (AvgIpc) is 2.37. The van der Waals surface area contributed by atoms with Crippen molar-refractivity contribution in [3.05, 3.63) is 29.8 Å². The first-order valence-corrected chi connectivity index (χ1v) is 6.40. The zero-order valence-electron chi connectivity index (χ0n) is 11.6. The molecule has 1 rings (SSSR count). The molecule has 1 aromatic rings. The number of hydrogen-bond acceptors (Lipinski definition) is 2. The van der Waals surface area contributed by atoms with Gasteiger partial charge >= 0.3 is 6.03 Å². The molecule has 0 aliphatic rings. The van der Waals surface area contributed by atoms with Gasteiger partial charge in [0, 0.05) is 5.69 Å². The summed E-state index contributed by atoms with van der Waals surface area (Å²) in [7, 11) is 0. The van der Waals surface area contributed by atoms with Gasteiger partial charge in [-0.3, -0.25) is 4.79 Å². The summed E-state index contributed by atoms with van der Waals surface area (Å²) in [6.07, 6.45) is 1.07. The number of benzene rings is 1. The molecule has 0 aliphatic carbocycles. The first-order valence-electron chi connectivity index (χ1n) is 6.40. The van der Waals surface area contributed by atoms with Crippen molar-refractivity contribution in [2.75, 3.05) is 5.32 Å². The number of carbonyl (C=O) groups is 2. The molecule has 0 radical (unpaired) electrons. The Bertz CT molecular complexity index is 443. The third kappa shape index (κ3) is 4.62. The SMILES string of the molecule is CC[C@H](C)c1ccc(NC(=O)[C@H](C)NC(N)=O)cc1. The summed E-state index contributed by atoms with van der Waals surface area (Å²) >= 11 is 0. The highest BCUT2D eigenvalue weighted by molar-refractivity contribution is 5.96. The molecule has 4 N–H and O–H groups in total. The number of nitrogens with two attached hydrogens (primary N) is 1. The van der Waals surface area contributed by atoms with E-state index in [1.54, 1.807) is 6.92 Å². The van der Waals surface area contributed by atoms with Gasteiger partial charge in [-0.1, -0.05) is 26.0 Å². The molecule has 104 valence electrons. The lowest BCUT2D eigenvalue weighted by molar-refractivity contribution is -0.117. The van der Waals surface area contributed by atoms with Crippen LogP contribution in [0, 0.1) is 0 Å². The van der Waals surface area contributed by atoms with E-state index >= 15 is 0 Å². The van der Waals surface area contributed by atoms with Crippen LogP contribution < -0.4 is 16.4 Å². The Morgan fingerprint density at radius 3 is 2.26 bits per heavy atom. The van der Waals surface area contributed by atoms with Crippen molar-refractivity contribution in [1.82, 2.24) is 5.32 Å². The van der Waals surface area contributed by atoms with Gasteiger partial charge in [-0.2, -0.15) is 0 Å². The Labute approximate surface area is 113 Å². The van der Waals surface area contributed by atoms with Crippen LogP contribution >= 0.6 is 0 Å². The molecular formula is C14H21N3O2. The molecule has 0 heterocycles. The van der Waals surface area contributed by atoms with Crippen molar-refractivity contribution in [1.29, 1.82) is 0 Å². The molecule has 3 amide bonds. The molecule has 0 spiro atoms. The van der Waals surface area contributed by atoms with Gasteiger partial charge < -0.3 is 16.4 Å². The average molecular weight is 263 g/mol. The number of carbonyl (C=O) groups excluding carboxylic acids is 2. The van der Waals surface area contributed by atoms with Crippen molar-refractivity contribution >= 4 is 17.6 Å². The number of urea groups is 1. The fourth-order valence-electron chi connectivity index (χ4n) is 1.66. The third-order valence-electron chi connectivity index (χ3n) is 3.11. The highest BCUT2D eigenvalue weighted by Gasteiger charge is 2.14. The fourth-order valence-corrected chi connectivity index (χ4v) is 1.66. The Hall–Kier alpha value is -2.04. The molecule has 19 heavy (non-hydrogen) atoms. The third-order valence-corrected chi connectivity index (χ3v) is 3.11. The van der Waals surface area contributed by atoms with E-state index in [-0.39, 0.29) is 5.91 Å². The maximum atomic E-state index is 11.7. The van der Waals surface area contributed by atoms with Gasteiger partial charge in [0.15, 0.2) is 0 Å². The first-order chi connectivity index (χ1) is 8.93. The lowest BCUT2D eigenvalue weighted by Gasteiger charge is -2.14. The number of rotatable bonds is 5. The molecule has 2 atom stereocenters. The van der Waals surface area contributed by atoms with Gasteiger partial charge in [-0.15, -0.1) is 0 Å². The topological polar surface area (TPSA) is 84.2 Å². The van der Waals surface area contributed by atoms with E-state index in [0.29, 0.717) is 11.6 Å². The maximum Gasteiger partial charge on any atom is 0.312 e. The summed E-state index contributed by atoms with van der Waals surface area (Å²) in [5.41, 5.74) is 6.91. The van der Waals surface area contributed by atoms with Gasteiger partial charge in [-0.25, -0.2) is 4.79 Å². The Morgan fingerprint density at radius 1 is 1.21 bits per heavy atom. The Balaban J connectivity index is 2.62. The van der Waals surface area contributed by atoms with Crippen LogP contribution in [0.2, 0.25) is 0 Å². The molecule has 0 aliphatic heterocycles. The van der Waals surface area contributed by atoms with Crippen LogP contribution in [0.15, 0.2) is 24.3 Å². The van der Waals surface area contributed by atoms with E-state index in [2.05, 4.69) is 24.5 Å². The van der Waals surface area contributed by atoms with E-state index in [0.717, 1.165) is 6.42 Å². The molecule has 0 unspecified atom stereocenters. The van der Waals surface area contributed by atoms with Crippen LogP contribution in [0.3, 0.4) is 0 Å². The minimum atomic E-state index is -0.713. The highest BCUT2D eigenvalue weighted by Crippen LogP contribution is 2.20. The number of anilines is 1. The van der Waals surface area contributed by atoms with Gasteiger partial charge in [0.05, 0.1) is 0 Å². The van der Waals surface area contributed by atoms with Gasteiger partial charge in [0.1, 0.15) is 6.04 Å². The Morgan fingerprint density at radius 2 is 1.79 bits per heavy atom. The van der Waals surface area contributed by atoms with Crippen molar-refractivity contribution in [3.63, 3.8) is 0 Å². The van der Waals surface area contributed by atoms with E-state index in [4.69, 9.17) is 5.73 Å². The summed E-state index contributed by atoms with van der Waals surface area (Å²) in [6.45, 7) is 5.87. The normalized spacial score (nSPS) is 13.4. The lowest BCUT2D eigenvalue weighted by atomic mass is 9.99. The molecular weight excluding hydrogens is 242 g/mol. The van der Waals surface area contributed by atoms with Gasteiger partial charge in [0.2, 0.25) is 5.91 Å². The summed E-state index contributed by atoms with van der Waals surface area (Å²) in [5.74, 6) is 0.204. The zero-order chi connectivity index (χ0) is 14.4. The van der Waals surface area contributed by atoms with Crippen LogP contribution in [0.1, 0.15) is 38.7 Å². The van der Waals surface area contributed by atoms with Crippen molar-refractivity contribution in [3.8, 4) is 0 Å². The van der Waals surface area contributed by atoms with Gasteiger partial charge in [0.25, 0.3) is 0 Å². The predicted molar refractivity (Wildman–Crippen MR) is 76.0 cm³/mol. The predicted octanol–water partition coefficient (Wildman–Crippen LogP) is 2.20. The first kappa shape index (κ1) is 15.0. The summed E-state index contributed by atoms with van der Waals surface area (Å²) in [5, 5.41) is 5.05. The monoisotopic (exact) mass is 263 g/mol. The summed E-state index contributed by atoms with van der Waals surface area (Å²) < 4.78 is 0. The minimum Gasteiger partial charge on any atom is -0.352 e. The van der Waals surface area contributed by atoms with Crippen LogP contribution in [-0.2, 0) is 4.79 Å². The Kier molecular flexibility index (Phi) is 5.36. The number of hydrogen-bond donors (Lipinski definition) is 3.